The van der Waals surface area contributed by atoms with Crippen LogP contribution in [0.4, 0.5) is 0 Å². The molecule has 21 heavy (non-hydrogen) atoms. The third kappa shape index (κ3) is 4.74. The van der Waals surface area contributed by atoms with Crippen LogP contribution in [0.5, 0.6) is 0 Å². The van der Waals surface area contributed by atoms with E-state index in [-0.39, 0.29) is 30.4 Å². The molecule has 1 aromatic carbocycles. The maximum atomic E-state index is 12.2. The number of halogens is 1. The average Bonchev–Trinajstić information content (AvgIpc) is 3.22. The van der Waals surface area contributed by atoms with Crippen LogP contribution in [-0.2, 0) is 14.3 Å². The Labute approximate surface area is 129 Å². The van der Waals surface area contributed by atoms with E-state index in [1.54, 1.807) is 12.1 Å². The van der Waals surface area contributed by atoms with Gasteiger partial charge in [-0.2, -0.15) is 0 Å². The summed E-state index contributed by atoms with van der Waals surface area (Å²) < 4.78 is 5.16. The van der Waals surface area contributed by atoms with Crippen LogP contribution in [0, 0.1) is 5.92 Å². The maximum absolute atomic E-state index is 12.2. The summed E-state index contributed by atoms with van der Waals surface area (Å²) >= 11 is 5.86. The normalized spacial score (nSPS) is 15.6. The van der Waals surface area contributed by atoms with E-state index in [1.807, 2.05) is 26.0 Å². The lowest BCUT2D eigenvalue weighted by Gasteiger charge is -2.19. The lowest BCUT2D eigenvalue weighted by molar-refractivity contribution is -0.151. The highest BCUT2D eigenvalue weighted by molar-refractivity contribution is 6.30. The quantitative estimate of drug-likeness (QED) is 0.822. The van der Waals surface area contributed by atoms with Crippen LogP contribution in [0.2, 0.25) is 5.02 Å². The highest BCUT2D eigenvalue weighted by atomic mass is 35.5. The van der Waals surface area contributed by atoms with Gasteiger partial charge >= 0.3 is 5.97 Å². The molecule has 0 bridgehead atoms. The van der Waals surface area contributed by atoms with E-state index in [2.05, 4.69) is 5.32 Å². The van der Waals surface area contributed by atoms with Gasteiger partial charge in [0.2, 0.25) is 0 Å². The summed E-state index contributed by atoms with van der Waals surface area (Å²) in [6.07, 6.45) is 2.03. The van der Waals surface area contributed by atoms with E-state index in [0.717, 1.165) is 18.4 Å². The highest BCUT2D eigenvalue weighted by Gasteiger charge is 2.27. The van der Waals surface area contributed by atoms with Crippen molar-refractivity contribution >= 4 is 23.5 Å². The molecule has 1 aliphatic carbocycles. The van der Waals surface area contributed by atoms with E-state index >= 15 is 0 Å². The van der Waals surface area contributed by atoms with Gasteiger partial charge in [-0.15, -0.1) is 0 Å². The first kappa shape index (κ1) is 15.8. The zero-order valence-corrected chi connectivity index (χ0v) is 13.0. The molecule has 1 amide bonds. The Balaban J connectivity index is 1.95. The molecule has 4 nitrogen and oxygen atoms in total. The zero-order valence-electron chi connectivity index (χ0n) is 12.3. The summed E-state index contributed by atoms with van der Waals surface area (Å²) in [6, 6.07) is 7.41. The number of esters is 1. The number of rotatable bonds is 6. The molecule has 0 heterocycles. The van der Waals surface area contributed by atoms with E-state index < -0.39 is 5.92 Å². The fourth-order valence-electron chi connectivity index (χ4n) is 2.19. The standard InChI is InChI=1S/C16H20ClNO3/c1-10(2)15(11-3-5-12(17)6-4-11)16(20)21-9-14(19)18-13-7-8-13/h3-6,10,13,15H,7-9H2,1-2H3,(H,18,19)/t15-/m0/s1. The molecule has 0 spiro atoms. The Morgan fingerprint density at radius 3 is 2.43 bits per heavy atom. The van der Waals surface area contributed by atoms with Crippen molar-refractivity contribution in [3.8, 4) is 0 Å². The average molecular weight is 310 g/mol. The third-order valence-electron chi connectivity index (χ3n) is 3.44. The molecule has 114 valence electrons. The lowest BCUT2D eigenvalue weighted by atomic mass is 9.88. The van der Waals surface area contributed by atoms with Gasteiger partial charge in [0, 0.05) is 11.1 Å². The summed E-state index contributed by atoms with van der Waals surface area (Å²) in [7, 11) is 0. The molecule has 1 N–H and O–H groups in total. The van der Waals surface area contributed by atoms with Crippen LogP contribution in [0.15, 0.2) is 24.3 Å². The molecule has 0 saturated heterocycles. The number of ether oxygens (including phenoxy) is 1. The van der Waals surface area contributed by atoms with Crippen molar-refractivity contribution in [1.82, 2.24) is 5.32 Å². The highest BCUT2D eigenvalue weighted by Crippen LogP contribution is 2.27. The SMILES string of the molecule is CC(C)[C@H](C(=O)OCC(=O)NC1CC1)c1ccc(Cl)cc1. The zero-order chi connectivity index (χ0) is 15.4. The Hall–Kier alpha value is -1.55. The summed E-state index contributed by atoms with van der Waals surface area (Å²) in [4.78, 5) is 23.8. The van der Waals surface area contributed by atoms with Crippen LogP contribution in [0.1, 0.15) is 38.2 Å². The molecule has 2 rings (SSSR count). The van der Waals surface area contributed by atoms with Gasteiger partial charge in [-0.05, 0) is 36.5 Å². The number of hydrogen-bond acceptors (Lipinski definition) is 3. The van der Waals surface area contributed by atoms with Crippen molar-refractivity contribution in [3.05, 3.63) is 34.9 Å². The van der Waals surface area contributed by atoms with Crippen molar-refractivity contribution in [3.63, 3.8) is 0 Å². The van der Waals surface area contributed by atoms with Gasteiger partial charge in [0.1, 0.15) is 0 Å². The largest absolute Gasteiger partial charge is 0.455 e. The van der Waals surface area contributed by atoms with E-state index in [4.69, 9.17) is 16.3 Å². The van der Waals surface area contributed by atoms with Crippen molar-refractivity contribution < 1.29 is 14.3 Å². The molecule has 0 unspecified atom stereocenters. The molecule has 1 fully saturated rings. The first-order chi connectivity index (χ1) is 9.97. The van der Waals surface area contributed by atoms with Gasteiger partial charge in [0.05, 0.1) is 5.92 Å². The smallest absolute Gasteiger partial charge is 0.314 e. The second-order valence-electron chi connectivity index (χ2n) is 5.72. The molecule has 5 heteroatoms. The van der Waals surface area contributed by atoms with Gasteiger partial charge in [0.25, 0.3) is 5.91 Å². The number of amides is 1. The fraction of sp³-hybridized carbons (Fsp3) is 0.500. The van der Waals surface area contributed by atoms with Crippen LogP contribution < -0.4 is 5.32 Å². The summed E-state index contributed by atoms with van der Waals surface area (Å²) in [5, 5.41) is 3.41. The monoisotopic (exact) mass is 309 g/mol. The number of carbonyl (C=O) groups is 2. The number of carbonyl (C=O) groups excluding carboxylic acids is 2. The van der Waals surface area contributed by atoms with Gasteiger partial charge < -0.3 is 10.1 Å². The van der Waals surface area contributed by atoms with E-state index in [0.29, 0.717) is 5.02 Å². The van der Waals surface area contributed by atoms with Crippen LogP contribution in [0.25, 0.3) is 0 Å². The van der Waals surface area contributed by atoms with Crippen molar-refractivity contribution in [2.24, 2.45) is 5.92 Å². The molecule has 0 radical (unpaired) electrons. The molecule has 1 aliphatic rings. The first-order valence-electron chi connectivity index (χ1n) is 7.19. The minimum atomic E-state index is -0.393. The van der Waals surface area contributed by atoms with Crippen LogP contribution in [-0.4, -0.2) is 24.5 Å². The van der Waals surface area contributed by atoms with Crippen molar-refractivity contribution in [2.45, 2.75) is 38.6 Å². The van der Waals surface area contributed by atoms with Gasteiger partial charge in [-0.25, -0.2) is 0 Å². The maximum Gasteiger partial charge on any atom is 0.314 e. The summed E-state index contributed by atoms with van der Waals surface area (Å²) in [6.45, 7) is 3.68. The third-order valence-corrected chi connectivity index (χ3v) is 3.69. The second-order valence-corrected chi connectivity index (χ2v) is 6.16. The van der Waals surface area contributed by atoms with Gasteiger partial charge in [0.15, 0.2) is 6.61 Å². The van der Waals surface area contributed by atoms with Gasteiger partial charge in [-0.3, -0.25) is 9.59 Å². The Morgan fingerprint density at radius 1 is 1.29 bits per heavy atom. The minimum absolute atomic E-state index is 0.0742. The molecular weight excluding hydrogens is 290 g/mol. The first-order valence-corrected chi connectivity index (χ1v) is 7.56. The Bertz CT molecular complexity index is 509. The Morgan fingerprint density at radius 2 is 1.90 bits per heavy atom. The summed E-state index contributed by atoms with van der Waals surface area (Å²) in [5.74, 6) is -0.927. The van der Waals surface area contributed by atoms with Crippen LogP contribution in [0.3, 0.4) is 0 Å². The Kier molecular flexibility index (Phi) is 5.23. The second kappa shape index (κ2) is 6.94. The predicted molar refractivity (Wildman–Crippen MR) is 81.2 cm³/mol. The molecule has 1 saturated carbocycles. The molecule has 1 aromatic rings. The summed E-state index contributed by atoms with van der Waals surface area (Å²) in [5.41, 5.74) is 0.849. The molecule has 0 aromatic heterocycles. The van der Waals surface area contributed by atoms with Crippen molar-refractivity contribution in [2.75, 3.05) is 6.61 Å². The lowest BCUT2D eigenvalue weighted by Crippen LogP contribution is -2.32. The fourth-order valence-corrected chi connectivity index (χ4v) is 2.31. The minimum Gasteiger partial charge on any atom is -0.455 e. The van der Waals surface area contributed by atoms with E-state index in [1.165, 1.54) is 0 Å². The van der Waals surface area contributed by atoms with Crippen LogP contribution >= 0.6 is 11.6 Å². The van der Waals surface area contributed by atoms with Gasteiger partial charge in [-0.1, -0.05) is 37.6 Å². The van der Waals surface area contributed by atoms with Crippen molar-refractivity contribution in [1.29, 1.82) is 0 Å². The topological polar surface area (TPSA) is 55.4 Å². The molecular formula is C16H20ClNO3. The van der Waals surface area contributed by atoms with E-state index in [9.17, 15) is 9.59 Å². The molecule has 0 aliphatic heterocycles. The predicted octanol–water partition coefficient (Wildman–Crippen LogP) is 2.90. The molecule has 1 atom stereocenters. The number of nitrogens with one attached hydrogen (secondary N) is 1. The number of hydrogen-bond donors (Lipinski definition) is 1. The number of benzene rings is 1.